The fraction of sp³-hybridized carbons (Fsp3) is 0.141. The lowest BCUT2D eigenvalue weighted by atomic mass is 9.93. The molecule has 0 aliphatic carbocycles. The second kappa shape index (κ2) is 21.6. The molecule has 2 heterocycles. The van der Waals surface area contributed by atoms with Crippen LogP contribution in [0.5, 0.6) is 0 Å². The summed E-state index contributed by atoms with van der Waals surface area (Å²) in [7, 11) is 0. The van der Waals surface area contributed by atoms with Crippen molar-refractivity contribution in [2.45, 2.75) is 64.8 Å². The third-order valence-electron chi connectivity index (χ3n) is 16.1. The molecule has 0 unspecified atom stereocenters. The van der Waals surface area contributed by atoms with Crippen molar-refractivity contribution >= 4 is 43.6 Å². The number of hydrogen-bond donors (Lipinski definition) is 0. The van der Waals surface area contributed by atoms with Crippen LogP contribution in [0, 0.1) is 39.0 Å². The van der Waals surface area contributed by atoms with Crippen molar-refractivity contribution in [2.75, 3.05) is 0 Å². The van der Waals surface area contributed by atoms with E-state index in [1.54, 1.807) is 0 Å². The van der Waals surface area contributed by atoms with Gasteiger partial charge in [-0.3, -0.25) is 0 Å². The van der Waals surface area contributed by atoms with Crippen molar-refractivity contribution in [1.82, 2.24) is 9.13 Å². The van der Waals surface area contributed by atoms with Crippen LogP contribution in [0.25, 0.3) is 111 Å². The number of nitrogens with zero attached hydrogens (tertiary/aromatic N) is 3. The first-order valence-corrected chi connectivity index (χ1v) is 27.7. The van der Waals surface area contributed by atoms with E-state index in [2.05, 4.69) is 6.07 Å². The lowest BCUT2D eigenvalue weighted by Gasteiger charge is -2.22. The van der Waals surface area contributed by atoms with Gasteiger partial charge in [-0.25, -0.2) is 0 Å². The van der Waals surface area contributed by atoms with Crippen LogP contribution in [0.1, 0.15) is 61.2 Å². The second-order valence-corrected chi connectivity index (χ2v) is 22.7. The number of nitriles is 1. The van der Waals surface area contributed by atoms with E-state index in [4.69, 9.17) is 0 Å². The molecule has 0 aliphatic heterocycles. The molecule has 0 saturated heterocycles. The molecule has 10 aromatic carbocycles. The van der Waals surface area contributed by atoms with Crippen LogP contribution in [0.2, 0.25) is 0 Å². The minimum Gasteiger partial charge on any atom is -0.309 e. The van der Waals surface area contributed by atoms with Gasteiger partial charge < -0.3 is 9.13 Å². The summed E-state index contributed by atoms with van der Waals surface area (Å²) in [5, 5.41) is 12.6. The van der Waals surface area contributed by atoms with E-state index >= 15 is 13.2 Å². The number of alkyl halides is 18. The molecule has 0 spiro atoms. The highest BCUT2D eigenvalue weighted by Crippen LogP contribution is 2.49. The van der Waals surface area contributed by atoms with E-state index in [9.17, 15) is 71.1 Å². The van der Waals surface area contributed by atoms with Gasteiger partial charge in [0.2, 0.25) is 0 Å². The normalized spacial score (nSPS) is 12.9. The Balaban J connectivity index is 1.25. The molecule has 92 heavy (non-hydrogen) atoms. The summed E-state index contributed by atoms with van der Waals surface area (Å²) in [5.41, 5.74) is -9.13. The van der Waals surface area contributed by atoms with Gasteiger partial charge in [-0.2, -0.15) is 84.3 Å². The topological polar surface area (TPSA) is 33.6 Å². The first-order valence-electron chi connectivity index (χ1n) is 27.7. The second-order valence-electron chi connectivity index (χ2n) is 22.7. The fourth-order valence-corrected chi connectivity index (χ4v) is 12.2. The molecule has 2 aromatic heterocycles. The molecule has 12 aromatic rings. The van der Waals surface area contributed by atoms with Gasteiger partial charge in [0.15, 0.2) is 0 Å². The summed E-state index contributed by atoms with van der Waals surface area (Å²) in [5.74, 6) is 0. The van der Waals surface area contributed by atoms with Crippen LogP contribution in [0.15, 0.2) is 176 Å². The summed E-state index contributed by atoms with van der Waals surface area (Å²) in [6, 6.07) is 35.3. The van der Waals surface area contributed by atoms with Crippen molar-refractivity contribution < 1.29 is 79.0 Å². The van der Waals surface area contributed by atoms with Crippen LogP contribution in [-0.4, -0.2) is 9.13 Å². The Hall–Kier alpha value is -9.97. The van der Waals surface area contributed by atoms with Crippen molar-refractivity contribution in [3.63, 3.8) is 0 Å². The molecule has 0 atom stereocenters. The molecule has 0 fully saturated rings. The van der Waals surface area contributed by atoms with Crippen LogP contribution in [0.3, 0.4) is 0 Å². The largest absolute Gasteiger partial charge is 0.417 e. The van der Waals surface area contributed by atoms with Gasteiger partial charge in [-0.15, -0.1) is 0 Å². The van der Waals surface area contributed by atoms with Crippen molar-refractivity contribution in [3.8, 4) is 73.1 Å². The van der Waals surface area contributed by atoms with Crippen molar-refractivity contribution in [2.24, 2.45) is 0 Å². The minimum atomic E-state index is -5.62. The molecule has 0 radical (unpaired) electrons. The Kier molecular flexibility index (Phi) is 14.6. The molecular weight excluding hydrogens is 1240 g/mol. The van der Waals surface area contributed by atoms with E-state index in [1.165, 1.54) is 134 Å². The van der Waals surface area contributed by atoms with Crippen LogP contribution >= 0.6 is 0 Å². The monoisotopic (exact) mass is 1280 g/mol. The Labute approximate surface area is 510 Å². The van der Waals surface area contributed by atoms with Crippen LogP contribution in [0.4, 0.5) is 79.0 Å². The average Bonchev–Trinajstić information content (AvgIpc) is 1.57. The smallest absolute Gasteiger partial charge is 0.309 e. The number of rotatable bonds is 7. The number of hydrogen-bond acceptors (Lipinski definition) is 1. The molecule has 12 rings (SSSR count). The minimum absolute atomic E-state index is 0.00204. The number of aryl methyl sites for hydroxylation is 4. The Morgan fingerprint density at radius 1 is 0.272 bits per heavy atom. The van der Waals surface area contributed by atoms with Crippen LogP contribution < -0.4 is 0 Å². The summed E-state index contributed by atoms with van der Waals surface area (Å²) >= 11 is 0. The van der Waals surface area contributed by atoms with Gasteiger partial charge in [0.05, 0.1) is 72.4 Å². The van der Waals surface area contributed by atoms with Gasteiger partial charge in [0.1, 0.15) is 6.07 Å². The molecule has 0 aliphatic rings. The maximum Gasteiger partial charge on any atom is 0.417 e. The molecule has 3 nitrogen and oxygen atoms in total. The molecule has 0 bridgehead atoms. The van der Waals surface area contributed by atoms with Crippen molar-refractivity contribution in [1.29, 1.82) is 5.26 Å². The summed E-state index contributed by atoms with van der Waals surface area (Å²) in [4.78, 5) is 0. The highest BCUT2D eigenvalue weighted by atomic mass is 19.4. The fourth-order valence-electron chi connectivity index (χ4n) is 12.2. The Morgan fingerprint density at radius 2 is 0.576 bits per heavy atom. The molecular formula is C71H41F18N3. The van der Waals surface area contributed by atoms with E-state index in [0.717, 1.165) is 60.7 Å². The zero-order chi connectivity index (χ0) is 66.3. The molecule has 0 amide bonds. The molecule has 21 heteroatoms. The third-order valence-corrected chi connectivity index (χ3v) is 16.1. The predicted octanol–water partition coefficient (Wildman–Crippen LogP) is 23.4. The lowest BCUT2D eigenvalue weighted by Crippen LogP contribution is -2.13. The predicted molar refractivity (Wildman–Crippen MR) is 316 cm³/mol. The molecule has 466 valence electrons. The Bertz CT molecular complexity index is 4830. The van der Waals surface area contributed by atoms with Crippen LogP contribution in [-0.2, 0) is 37.1 Å². The quantitative estimate of drug-likeness (QED) is 0.146. The zero-order valence-electron chi connectivity index (χ0n) is 47.9. The highest BCUT2D eigenvalue weighted by Gasteiger charge is 2.40. The first kappa shape index (κ1) is 62.2. The zero-order valence-corrected chi connectivity index (χ0v) is 47.9. The van der Waals surface area contributed by atoms with Gasteiger partial charge in [-0.1, -0.05) is 78.9 Å². The standard InChI is InChI=1S/C71H41F18N3/c1-35-15-43(23-49(19-35)67(75,76)77)39-5-10-54-55-11-6-40(44-16-36(2)20-50(24-44)68(78,79)80)28-62(55)91(61(54)27-39)60-33-58(53-14-9-48(66(72,73)74)32-59(53)71(87,88)89)65(31-47(60)34-90)92-63-29-41(45-17-37(3)21-51(25-45)69(81,82)83)7-12-56(63)57-13-8-42(30-64(57)92)46-18-38(4)22-52(26-46)70(84,85)86/h5-33H,1-4H3. The summed E-state index contributed by atoms with van der Waals surface area (Å²) < 4.78 is 268. The molecule has 0 saturated carbocycles. The van der Waals surface area contributed by atoms with Gasteiger partial charge in [-0.05, 0) is 197 Å². The number of fused-ring (bicyclic) bond motifs is 6. The first-order chi connectivity index (χ1) is 42.9. The SMILES string of the molecule is Cc1cc(-c2ccc3c4ccc(-c5cc(C)cc(C(F)(F)F)c5)cc4n(-c4cc(-c5ccc(C(F)(F)F)cc5C(F)(F)F)c(-n5c6cc(-c7cc(C)cc(C(F)(F)F)c7)ccc6c6ccc(-c7cc(C)cc(C(F)(F)F)c7)cc65)cc4C#N)c3c2)cc(C(F)(F)F)c1. The lowest BCUT2D eigenvalue weighted by molar-refractivity contribution is -0.143. The van der Waals surface area contributed by atoms with Crippen molar-refractivity contribution in [3.05, 3.63) is 237 Å². The average molecular weight is 1280 g/mol. The maximum absolute atomic E-state index is 15.9. The van der Waals surface area contributed by atoms with Gasteiger partial charge in [0, 0.05) is 27.1 Å². The maximum atomic E-state index is 15.9. The van der Waals surface area contributed by atoms with E-state index in [0.29, 0.717) is 12.1 Å². The summed E-state index contributed by atoms with van der Waals surface area (Å²) in [6.45, 7) is 5.65. The molecule has 0 N–H and O–H groups in total. The number of halogens is 18. The Morgan fingerprint density at radius 3 is 0.859 bits per heavy atom. The number of aromatic nitrogens is 2. The van der Waals surface area contributed by atoms with E-state index < -0.39 is 92.8 Å². The summed E-state index contributed by atoms with van der Waals surface area (Å²) in [6.07, 6.45) is -30.4. The van der Waals surface area contributed by atoms with Gasteiger partial charge >= 0.3 is 37.1 Å². The number of benzene rings is 10. The van der Waals surface area contributed by atoms with E-state index in [-0.39, 0.29) is 122 Å². The van der Waals surface area contributed by atoms with E-state index in [1.807, 2.05) is 0 Å². The third kappa shape index (κ3) is 11.4. The van der Waals surface area contributed by atoms with Gasteiger partial charge in [0.25, 0.3) is 0 Å². The highest BCUT2D eigenvalue weighted by molar-refractivity contribution is 6.13.